The number of nitrogens with two attached hydrogens (primary N) is 1. The van der Waals surface area contributed by atoms with Crippen LogP contribution in [0.4, 0.5) is 0 Å². The van der Waals surface area contributed by atoms with Crippen molar-refractivity contribution < 1.29 is 0 Å². The molecular formula is C19H21ClN4O. The topological polar surface area (TPSA) is 63.6 Å². The van der Waals surface area contributed by atoms with E-state index in [0.29, 0.717) is 18.1 Å². The first-order valence-electron chi connectivity index (χ1n) is 8.21. The predicted molar refractivity (Wildman–Crippen MR) is 101 cm³/mol. The SMILES string of the molecule is Cl.N[C@@H]1CN(Cc2cc(=O)n3ccccc3n2)C[C@H]1c1ccccc1. The van der Waals surface area contributed by atoms with Crippen molar-refractivity contribution in [3.63, 3.8) is 0 Å². The van der Waals surface area contributed by atoms with Gasteiger partial charge >= 0.3 is 0 Å². The van der Waals surface area contributed by atoms with Gasteiger partial charge in [-0.05, 0) is 17.7 Å². The zero-order chi connectivity index (χ0) is 16.5. The van der Waals surface area contributed by atoms with E-state index in [1.165, 1.54) is 5.56 Å². The number of likely N-dealkylation sites (tertiary alicyclic amines) is 1. The number of fused-ring (bicyclic) bond motifs is 1. The maximum Gasteiger partial charge on any atom is 0.258 e. The average molecular weight is 357 g/mol. The third kappa shape index (κ3) is 3.58. The first-order valence-corrected chi connectivity index (χ1v) is 8.21. The largest absolute Gasteiger partial charge is 0.326 e. The highest BCUT2D eigenvalue weighted by atomic mass is 35.5. The first kappa shape index (κ1) is 17.6. The molecule has 1 aliphatic heterocycles. The molecular weight excluding hydrogens is 336 g/mol. The molecule has 0 saturated carbocycles. The summed E-state index contributed by atoms with van der Waals surface area (Å²) < 4.78 is 1.56. The van der Waals surface area contributed by atoms with Crippen LogP contribution in [0.5, 0.6) is 0 Å². The van der Waals surface area contributed by atoms with E-state index in [2.05, 4.69) is 34.1 Å². The van der Waals surface area contributed by atoms with Crippen molar-refractivity contribution in [2.24, 2.45) is 5.73 Å². The molecule has 130 valence electrons. The Morgan fingerprint density at radius 1 is 1.08 bits per heavy atom. The van der Waals surface area contributed by atoms with Crippen LogP contribution in [-0.4, -0.2) is 33.4 Å². The summed E-state index contributed by atoms with van der Waals surface area (Å²) in [6.07, 6.45) is 1.74. The summed E-state index contributed by atoms with van der Waals surface area (Å²) in [5.41, 5.74) is 9.06. The van der Waals surface area contributed by atoms with Crippen LogP contribution >= 0.6 is 12.4 Å². The maximum absolute atomic E-state index is 12.2. The molecule has 1 aliphatic rings. The summed E-state index contributed by atoms with van der Waals surface area (Å²) >= 11 is 0. The maximum atomic E-state index is 12.2. The van der Waals surface area contributed by atoms with Crippen molar-refractivity contribution in [3.8, 4) is 0 Å². The van der Waals surface area contributed by atoms with Gasteiger partial charge in [-0.2, -0.15) is 0 Å². The van der Waals surface area contributed by atoms with Gasteiger partial charge in [0.15, 0.2) is 0 Å². The minimum Gasteiger partial charge on any atom is -0.326 e. The number of nitrogens with zero attached hydrogens (tertiary/aromatic N) is 3. The van der Waals surface area contributed by atoms with Crippen molar-refractivity contribution in [2.75, 3.05) is 13.1 Å². The van der Waals surface area contributed by atoms with Gasteiger partial charge in [-0.1, -0.05) is 36.4 Å². The molecule has 1 saturated heterocycles. The van der Waals surface area contributed by atoms with Crippen LogP contribution in [0.2, 0.25) is 0 Å². The predicted octanol–water partition coefficient (Wildman–Crippen LogP) is 2.04. The number of hydrogen-bond donors (Lipinski definition) is 1. The lowest BCUT2D eigenvalue weighted by molar-refractivity contribution is 0.319. The van der Waals surface area contributed by atoms with Crippen LogP contribution in [0.3, 0.4) is 0 Å². The lowest BCUT2D eigenvalue weighted by Gasteiger charge is -2.16. The molecule has 0 radical (unpaired) electrons. The lowest BCUT2D eigenvalue weighted by atomic mass is 9.95. The van der Waals surface area contributed by atoms with Gasteiger partial charge in [0.1, 0.15) is 5.65 Å². The Morgan fingerprint density at radius 2 is 1.84 bits per heavy atom. The fourth-order valence-electron chi connectivity index (χ4n) is 3.51. The number of rotatable bonds is 3. The third-order valence-electron chi connectivity index (χ3n) is 4.68. The van der Waals surface area contributed by atoms with Gasteiger partial charge in [0.25, 0.3) is 5.56 Å². The van der Waals surface area contributed by atoms with E-state index in [9.17, 15) is 4.79 Å². The third-order valence-corrected chi connectivity index (χ3v) is 4.68. The van der Waals surface area contributed by atoms with Crippen LogP contribution in [0.1, 0.15) is 17.2 Å². The molecule has 6 heteroatoms. The molecule has 0 amide bonds. The summed E-state index contributed by atoms with van der Waals surface area (Å²) in [7, 11) is 0. The van der Waals surface area contributed by atoms with Gasteiger partial charge in [0.2, 0.25) is 0 Å². The van der Waals surface area contributed by atoms with Crippen molar-refractivity contribution in [3.05, 3.63) is 82.4 Å². The summed E-state index contributed by atoms with van der Waals surface area (Å²) in [6.45, 7) is 2.36. The van der Waals surface area contributed by atoms with Crippen molar-refractivity contribution >= 4 is 18.1 Å². The molecule has 3 heterocycles. The Morgan fingerprint density at radius 3 is 2.64 bits per heavy atom. The molecule has 3 aromatic rings. The molecule has 5 nitrogen and oxygen atoms in total. The monoisotopic (exact) mass is 356 g/mol. The molecule has 0 spiro atoms. The number of hydrogen-bond acceptors (Lipinski definition) is 4. The summed E-state index contributed by atoms with van der Waals surface area (Å²) in [5.74, 6) is 0.327. The number of benzene rings is 1. The molecule has 0 bridgehead atoms. The van der Waals surface area contributed by atoms with Crippen molar-refractivity contribution in [1.82, 2.24) is 14.3 Å². The Kier molecular flexibility index (Phi) is 5.18. The van der Waals surface area contributed by atoms with Crippen LogP contribution in [0, 0.1) is 0 Å². The highest BCUT2D eigenvalue weighted by Gasteiger charge is 2.31. The van der Waals surface area contributed by atoms with Crippen LogP contribution in [-0.2, 0) is 6.54 Å². The highest BCUT2D eigenvalue weighted by Crippen LogP contribution is 2.27. The van der Waals surface area contributed by atoms with E-state index in [-0.39, 0.29) is 24.0 Å². The quantitative estimate of drug-likeness (QED) is 0.780. The Balaban J connectivity index is 0.00000182. The minimum atomic E-state index is -0.0429. The zero-order valence-electron chi connectivity index (χ0n) is 13.8. The van der Waals surface area contributed by atoms with Crippen LogP contribution in [0.25, 0.3) is 5.65 Å². The lowest BCUT2D eigenvalue weighted by Crippen LogP contribution is -2.29. The Labute approximate surface area is 152 Å². The second-order valence-electron chi connectivity index (χ2n) is 6.39. The van der Waals surface area contributed by atoms with E-state index >= 15 is 0 Å². The fourth-order valence-corrected chi connectivity index (χ4v) is 3.51. The van der Waals surface area contributed by atoms with E-state index < -0.39 is 0 Å². The highest BCUT2D eigenvalue weighted by molar-refractivity contribution is 5.85. The molecule has 2 atom stereocenters. The van der Waals surface area contributed by atoms with E-state index in [1.54, 1.807) is 16.7 Å². The molecule has 0 aliphatic carbocycles. The smallest absolute Gasteiger partial charge is 0.258 e. The van der Waals surface area contributed by atoms with Gasteiger partial charge in [-0.3, -0.25) is 14.1 Å². The van der Waals surface area contributed by atoms with Gasteiger partial charge in [-0.15, -0.1) is 12.4 Å². The molecule has 4 rings (SSSR count). The average Bonchev–Trinajstić information content (AvgIpc) is 2.96. The second-order valence-corrected chi connectivity index (χ2v) is 6.39. The van der Waals surface area contributed by atoms with Gasteiger partial charge in [0, 0.05) is 43.9 Å². The molecule has 1 aromatic carbocycles. The second kappa shape index (κ2) is 7.35. The summed E-state index contributed by atoms with van der Waals surface area (Å²) in [4.78, 5) is 19.1. The Bertz CT molecular complexity index is 912. The first-order chi connectivity index (χ1) is 11.7. The molecule has 1 fully saturated rings. The van der Waals surface area contributed by atoms with Gasteiger partial charge < -0.3 is 5.73 Å². The fraction of sp³-hybridized carbons (Fsp3) is 0.263. The molecule has 2 aromatic heterocycles. The summed E-state index contributed by atoms with van der Waals surface area (Å²) in [6, 6.07) is 17.7. The van der Waals surface area contributed by atoms with Crippen molar-refractivity contribution in [2.45, 2.75) is 18.5 Å². The number of halogens is 1. The number of aromatic nitrogens is 2. The van der Waals surface area contributed by atoms with Gasteiger partial charge in [0.05, 0.1) is 5.69 Å². The summed E-state index contributed by atoms with van der Waals surface area (Å²) in [5, 5.41) is 0. The zero-order valence-corrected chi connectivity index (χ0v) is 14.6. The van der Waals surface area contributed by atoms with Gasteiger partial charge in [-0.25, -0.2) is 4.98 Å². The van der Waals surface area contributed by atoms with Crippen molar-refractivity contribution in [1.29, 1.82) is 0 Å². The number of pyridine rings is 1. The minimum absolute atomic E-state index is 0. The van der Waals surface area contributed by atoms with E-state index in [1.807, 2.05) is 24.3 Å². The Hall–Kier alpha value is -2.21. The normalized spacial score (nSPS) is 20.5. The molecule has 25 heavy (non-hydrogen) atoms. The molecule has 0 unspecified atom stereocenters. The van der Waals surface area contributed by atoms with Crippen LogP contribution in [0.15, 0.2) is 65.6 Å². The van der Waals surface area contributed by atoms with E-state index in [0.717, 1.165) is 18.8 Å². The standard InChI is InChI=1S/C19H20N4O.ClH/c20-17-13-22(12-16(17)14-6-2-1-3-7-14)11-15-10-19(24)23-9-5-4-8-18(23)21-15;/h1-10,16-17H,11-13,20H2;1H/t16-,17+;/m0./s1. The van der Waals surface area contributed by atoms with E-state index in [4.69, 9.17) is 5.73 Å². The van der Waals surface area contributed by atoms with Crippen LogP contribution < -0.4 is 11.3 Å². The molecule has 2 N–H and O–H groups in total.